The van der Waals surface area contributed by atoms with E-state index in [1.165, 1.54) is 11.6 Å². The summed E-state index contributed by atoms with van der Waals surface area (Å²) in [6.07, 6.45) is 6.77. The molecule has 1 fully saturated rings. The Morgan fingerprint density at radius 1 is 1.21 bits per heavy atom. The van der Waals surface area contributed by atoms with Gasteiger partial charge in [0.25, 0.3) is 0 Å². The summed E-state index contributed by atoms with van der Waals surface area (Å²) in [6.45, 7) is 7.86. The molecule has 0 unspecified atom stereocenters. The second-order valence-corrected chi connectivity index (χ2v) is 7.48. The number of rotatable bonds is 7. The summed E-state index contributed by atoms with van der Waals surface area (Å²) in [5.74, 6) is 1.51. The van der Waals surface area contributed by atoms with E-state index in [9.17, 15) is 4.79 Å². The number of nitrogens with zero attached hydrogens (tertiary/aromatic N) is 3. The van der Waals surface area contributed by atoms with Gasteiger partial charge in [0.2, 0.25) is 11.9 Å². The molecule has 1 aromatic heterocycles. The molecular formula is C21H28N6O. The van der Waals surface area contributed by atoms with Crippen LogP contribution in [0.15, 0.2) is 43.1 Å². The number of benzene rings is 1. The number of hydrogen-bond acceptors (Lipinski definition) is 6. The summed E-state index contributed by atoms with van der Waals surface area (Å²) in [7, 11) is 0. The van der Waals surface area contributed by atoms with E-state index < -0.39 is 0 Å². The van der Waals surface area contributed by atoms with Gasteiger partial charge < -0.3 is 16.0 Å². The van der Waals surface area contributed by atoms with E-state index in [1.807, 2.05) is 12.1 Å². The molecule has 1 aliphatic rings. The van der Waals surface area contributed by atoms with Gasteiger partial charge in [-0.3, -0.25) is 4.79 Å². The highest BCUT2D eigenvalue weighted by Crippen LogP contribution is 2.22. The van der Waals surface area contributed by atoms with Crippen LogP contribution >= 0.6 is 0 Å². The molecule has 7 heteroatoms. The van der Waals surface area contributed by atoms with Crippen molar-refractivity contribution < 1.29 is 4.79 Å². The van der Waals surface area contributed by atoms with Gasteiger partial charge in [0.05, 0.1) is 6.20 Å². The topological polar surface area (TPSA) is 91.8 Å². The Kier molecular flexibility index (Phi) is 6.57. The number of anilines is 3. The van der Waals surface area contributed by atoms with Crippen LogP contribution in [0.2, 0.25) is 0 Å². The zero-order valence-electron chi connectivity index (χ0n) is 16.5. The van der Waals surface area contributed by atoms with Gasteiger partial charge in [0.1, 0.15) is 0 Å². The average molecular weight is 380 g/mol. The Bertz CT molecular complexity index is 805. The van der Waals surface area contributed by atoms with Crippen molar-refractivity contribution in [1.82, 2.24) is 20.5 Å². The maximum Gasteiger partial charge on any atom is 0.244 e. The van der Waals surface area contributed by atoms with Gasteiger partial charge in [-0.25, -0.2) is 0 Å². The second-order valence-electron chi connectivity index (χ2n) is 7.48. The lowest BCUT2D eigenvalue weighted by molar-refractivity contribution is -0.117. The van der Waals surface area contributed by atoms with Gasteiger partial charge >= 0.3 is 0 Å². The van der Waals surface area contributed by atoms with Gasteiger partial charge in [-0.2, -0.15) is 10.1 Å². The van der Waals surface area contributed by atoms with Crippen LogP contribution in [0.5, 0.6) is 0 Å². The van der Waals surface area contributed by atoms with Gasteiger partial charge in [-0.05, 0) is 55.4 Å². The van der Waals surface area contributed by atoms with E-state index in [4.69, 9.17) is 0 Å². The molecule has 1 aromatic carbocycles. The minimum atomic E-state index is -0.127. The molecule has 0 aliphatic heterocycles. The predicted octanol–water partition coefficient (Wildman–Crippen LogP) is 3.76. The van der Waals surface area contributed by atoms with Crippen molar-refractivity contribution >= 4 is 23.4 Å². The number of carbonyl (C=O) groups is 1. The first-order chi connectivity index (χ1) is 13.5. The molecule has 28 heavy (non-hydrogen) atoms. The third-order valence-electron chi connectivity index (χ3n) is 4.95. The van der Waals surface area contributed by atoms with Crippen molar-refractivity contribution in [2.24, 2.45) is 0 Å². The summed E-state index contributed by atoms with van der Waals surface area (Å²) < 4.78 is 0. The quantitative estimate of drug-likeness (QED) is 0.634. The van der Waals surface area contributed by atoms with E-state index in [1.54, 1.807) is 6.20 Å². The van der Waals surface area contributed by atoms with Crippen LogP contribution in [0.3, 0.4) is 0 Å². The van der Waals surface area contributed by atoms with Crippen LogP contribution in [-0.2, 0) is 4.79 Å². The standard InChI is InChI=1S/C21H28N6O/c1-4-20(28)24-17-6-5-7-18(12-17)25-21-26-19(13-22-27-21)23-16-10-8-15(9-11-16)14(2)3/h4,8-11,13-14,17-18H,1,5-7,12H2,2-3H3,(H,24,28)(H2,23,25,26,27)/t17-,18+/m0/s1. The Labute approximate surface area is 166 Å². The SMILES string of the molecule is C=CC(=O)N[C@H]1CCC[C@@H](Nc2nncc(Nc3ccc(C(C)C)cc3)n2)C1. The fourth-order valence-corrected chi connectivity index (χ4v) is 3.42. The fourth-order valence-electron chi connectivity index (χ4n) is 3.42. The summed E-state index contributed by atoms with van der Waals surface area (Å²) >= 11 is 0. The Balaban J connectivity index is 1.60. The second kappa shape index (κ2) is 9.30. The Morgan fingerprint density at radius 2 is 1.96 bits per heavy atom. The number of carbonyl (C=O) groups excluding carboxylic acids is 1. The van der Waals surface area contributed by atoms with Crippen molar-refractivity contribution in [2.75, 3.05) is 10.6 Å². The zero-order chi connectivity index (χ0) is 19.9. The lowest BCUT2D eigenvalue weighted by atomic mass is 9.91. The number of aromatic nitrogens is 3. The zero-order valence-corrected chi connectivity index (χ0v) is 16.5. The Morgan fingerprint density at radius 3 is 2.68 bits per heavy atom. The van der Waals surface area contributed by atoms with Crippen LogP contribution < -0.4 is 16.0 Å². The molecule has 0 radical (unpaired) electrons. The number of amides is 1. The van der Waals surface area contributed by atoms with Crippen LogP contribution in [0.25, 0.3) is 0 Å². The van der Waals surface area contributed by atoms with Crippen molar-refractivity contribution in [2.45, 2.75) is 57.5 Å². The molecule has 2 atom stereocenters. The summed E-state index contributed by atoms with van der Waals surface area (Å²) in [6, 6.07) is 8.65. The van der Waals surface area contributed by atoms with Gasteiger partial charge in [0, 0.05) is 17.8 Å². The van der Waals surface area contributed by atoms with Crippen molar-refractivity contribution in [3.05, 3.63) is 48.7 Å². The maximum atomic E-state index is 11.5. The molecule has 0 saturated heterocycles. The predicted molar refractivity (Wildman–Crippen MR) is 112 cm³/mol. The van der Waals surface area contributed by atoms with Gasteiger partial charge in [-0.15, -0.1) is 5.10 Å². The molecule has 3 N–H and O–H groups in total. The molecular weight excluding hydrogens is 352 g/mol. The molecule has 7 nitrogen and oxygen atoms in total. The van der Waals surface area contributed by atoms with Gasteiger partial charge in [-0.1, -0.05) is 32.6 Å². The molecule has 0 spiro atoms. The van der Waals surface area contributed by atoms with E-state index in [0.29, 0.717) is 17.7 Å². The van der Waals surface area contributed by atoms with Crippen molar-refractivity contribution in [1.29, 1.82) is 0 Å². The molecule has 2 aromatic rings. The smallest absolute Gasteiger partial charge is 0.244 e. The van der Waals surface area contributed by atoms with E-state index in [0.717, 1.165) is 31.4 Å². The van der Waals surface area contributed by atoms with E-state index in [2.05, 4.69) is 63.7 Å². The summed E-state index contributed by atoms with van der Waals surface area (Å²) in [5, 5.41) is 17.7. The number of nitrogens with one attached hydrogen (secondary N) is 3. The molecule has 1 aliphatic carbocycles. The third kappa shape index (κ3) is 5.52. The molecule has 148 valence electrons. The summed E-state index contributed by atoms with van der Waals surface area (Å²) in [5.41, 5.74) is 2.25. The highest BCUT2D eigenvalue weighted by atomic mass is 16.1. The highest BCUT2D eigenvalue weighted by Gasteiger charge is 2.23. The van der Waals surface area contributed by atoms with E-state index >= 15 is 0 Å². The number of hydrogen-bond donors (Lipinski definition) is 3. The molecule has 1 heterocycles. The molecule has 3 rings (SSSR count). The minimum Gasteiger partial charge on any atom is -0.350 e. The van der Waals surface area contributed by atoms with Gasteiger partial charge in [0.15, 0.2) is 5.82 Å². The normalized spacial score (nSPS) is 19.1. The lowest BCUT2D eigenvalue weighted by Crippen LogP contribution is -2.41. The van der Waals surface area contributed by atoms with Crippen molar-refractivity contribution in [3.63, 3.8) is 0 Å². The Hall–Kier alpha value is -2.96. The van der Waals surface area contributed by atoms with E-state index in [-0.39, 0.29) is 18.0 Å². The fraction of sp³-hybridized carbons (Fsp3) is 0.429. The monoisotopic (exact) mass is 380 g/mol. The van der Waals surface area contributed by atoms with Crippen LogP contribution in [0.1, 0.15) is 51.0 Å². The first kappa shape index (κ1) is 19.8. The largest absolute Gasteiger partial charge is 0.350 e. The summed E-state index contributed by atoms with van der Waals surface area (Å²) in [4.78, 5) is 16.1. The molecule has 0 bridgehead atoms. The first-order valence-electron chi connectivity index (χ1n) is 9.79. The molecule has 1 amide bonds. The van der Waals surface area contributed by atoms with Crippen LogP contribution in [0, 0.1) is 0 Å². The maximum absolute atomic E-state index is 11.5. The minimum absolute atomic E-state index is 0.127. The van der Waals surface area contributed by atoms with Crippen LogP contribution in [0.4, 0.5) is 17.5 Å². The third-order valence-corrected chi connectivity index (χ3v) is 4.95. The lowest BCUT2D eigenvalue weighted by Gasteiger charge is -2.30. The van der Waals surface area contributed by atoms with Crippen molar-refractivity contribution in [3.8, 4) is 0 Å². The first-order valence-corrected chi connectivity index (χ1v) is 9.79. The molecule has 1 saturated carbocycles. The average Bonchev–Trinajstić information content (AvgIpc) is 2.69. The van der Waals surface area contributed by atoms with Crippen LogP contribution in [-0.4, -0.2) is 33.2 Å². The highest BCUT2D eigenvalue weighted by molar-refractivity contribution is 5.87.